The van der Waals surface area contributed by atoms with Crippen LogP contribution in [-0.4, -0.2) is 21.2 Å². The summed E-state index contributed by atoms with van der Waals surface area (Å²) < 4.78 is 8.47. The third-order valence-electron chi connectivity index (χ3n) is 4.59. The normalized spacial score (nSPS) is 10.9. The number of nitrogens with two attached hydrogens (primary N) is 1. The first-order valence-electron chi connectivity index (χ1n) is 7.75. The number of benzene rings is 1. The van der Waals surface area contributed by atoms with Crippen LogP contribution >= 0.6 is 0 Å². The molecule has 0 amide bonds. The van der Waals surface area contributed by atoms with E-state index in [-0.39, 0.29) is 16.9 Å². The minimum Gasteiger partial charge on any atom is -0.496 e. The van der Waals surface area contributed by atoms with Crippen molar-refractivity contribution in [1.82, 2.24) is 14.1 Å². The van der Waals surface area contributed by atoms with Crippen molar-refractivity contribution in [2.45, 2.75) is 20.8 Å². The molecule has 7 heteroatoms. The summed E-state index contributed by atoms with van der Waals surface area (Å²) in [5.41, 5.74) is 9.31. The fraction of sp³-hybridized carbons (Fsp3) is 0.278. The summed E-state index contributed by atoms with van der Waals surface area (Å²) in [4.78, 5) is 17.3. The van der Waals surface area contributed by atoms with Gasteiger partial charge in [0.05, 0.1) is 12.8 Å². The molecule has 3 rings (SSSR count). The zero-order valence-corrected chi connectivity index (χ0v) is 14.8. The van der Waals surface area contributed by atoms with Gasteiger partial charge in [0.2, 0.25) is 0 Å². The molecular formula is C18H19N5O2. The third-order valence-corrected chi connectivity index (χ3v) is 4.59. The lowest BCUT2D eigenvalue weighted by Crippen LogP contribution is -2.22. The van der Waals surface area contributed by atoms with Crippen molar-refractivity contribution < 1.29 is 4.74 Å². The molecule has 25 heavy (non-hydrogen) atoms. The molecule has 0 radical (unpaired) electrons. The maximum absolute atomic E-state index is 12.9. The molecule has 0 unspecified atom stereocenters. The van der Waals surface area contributed by atoms with Crippen LogP contribution in [0.25, 0.3) is 16.7 Å². The molecule has 128 valence electrons. The van der Waals surface area contributed by atoms with Gasteiger partial charge in [-0.2, -0.15) is 5.26 Å². The quantitative estimate of drug-likeness (QED) is 0.772. The monoisotopic (exact) mass is 337 g/mol. The first-order chi connectivity index (χ1) is 11.8. The Bertz CT molecular complexity index is 1120. The maximum Gasteiger partial charge on any atom is 0.278 e. The van der Waals surface area contributed by atoms with Crippen molar-refractivity contribution in [3.8, 4) is 17.5 Å². The van der Waals surface area contributed by atoms with Crippen LogP contribution in [0.5, 0.6) is 5.75 Å². The number of nitrogens with zero attached hydrogens (tertiary/aromatic N) is 4. The molecule has 0 bridgehead atoms. The Labute approximate surface area is 144 Å². The minimum absolute atomic E-state index is 0.201. The molecule has 0 spiro atoms. The van der Waals surface area contributed by atoms with E-state index in [1.54, 1.807) is 25.6 Å². The molecule has 2 N–H and O–H groups in total. The number of aryl methyl sites for hydroxylation is 2. The molecule has 0 saturated carbocycles. The predicted octanol–water partition coefficient (Wildman–Crippen LogP) is 2.11. The Morgan fingerprint density at radius 1 is 1.28 bits per heavy atom. The summed E-state index contributed by atoms with van der Waals surface area (Å²) in [5, 5.41) is 9.55. The lowest BCUT2D eigenvalue weighted by atomic mass is 10.1. The number of hydrogen-bond donors (Lipinski definition) is 1. The molecule has 2 aromatic heterocycles. The van der Waals surface area contributed by atoms with Gasteiger partial charge in [0.15, 0.2) is 0 Å². The Balaban J connectivity index is 2.60. The van der Waals surface area contributed by atoms with Gasteiger partial charge >= 0.3 is 0 Å². The maximum atomic E-state index is 12.9. The van der Waals surface area contributed by atoms with E-state index in [0.29, 0.717) is 22.6 Å². The highest BCUT2D eigenvalue weighted by Crippen LogP contribution is 2.34. The van der Waals surface area contributed by atoms with Crippen LogP contribution in [0.3, 0.4) is 0 Å². The van der Waals surface area contributed by atoms with Crippen LogP contribution in [-0.2, 0) is 7.05 Å². The second-order valence-electron chi connectivity index (χ2n) is 5.99. The Kier molecular flexibility index (Phi) is 3.76. The van der Waals surface area contributed by atoms with Gasteiger partial charge in [0.1, 0.15) is 40.1 Å². The highest BCUT2D eigenvalue weighted by atomic mass is 16.5. The van der Waals surface area contributed by atoms with Crippen molar-refractivity contribution >= 4 is 16.9 Å². The molecular weight excluding hydrogens is 318 g/mol. The molecule has 0 aliphatic heterocycles. The van der Waals surface area contributed by atoms with Crippen molar-refractivity contribution in [3.63, 3.8) is 0 Å². The number of methoxy groups -OCH3 is 1. The first kappa shape index (κ1) is 16.6. The van der Waals surface area contributed by atoms with Crippen molar-refractivity contribution in [2.75, 3.05) is 12.8 Å². The van der Waals surface area contributed by atoms with Gasteiger partial charge in [-0.3, -0.25) is 13.9 Å². The molecule has 0 aliphatic rings. The fourth-order valence-electron chi connectivity index (χ4n) is 3.15. The van der Waals surface area contributed by atoms with Crippen LogP contribution in [0.4, 0.5) is 5.82 Å². The Morgan fingerprint density at radius 3 is 2.56 bits per heavy atom. The third kappa shape index (κ3) is 2.18. The summed E-state index contributed by atoms with van der Waals surface area (Å²) in [6, 6.07) is 5.84. The van der Waals surface area contributed by atoms with E-state index in [1.807, 2.05) is 26.0 Å². The molecule has 0 saturated heterocycles. The van der Waals surface area contributed by atoms with Crippen LogP contribution < -0.4 is 16.0 Å². The number of aromatic nitrogens is 3. The van der Waals surface area contributed by atoms with Crippen molar-refractivity contribution in [1.29, 1.82) is 5.26 Å². The van der Waals surface area contributed by atoms with Gasteiger partial charge in [0.25, 0.3) is 5.56 Å². The van der Waals surface area contributed by atoms with Gasteiger partial charge in [-0.15, -0.1) is 0 Å². The number of hydrogen-bond acceptors (Lipinski definition) is 5. The van der Waals surface area contributed by atoms with Crippen LogP contribution in [0.2, 0.25) is 0 Å². The molecule has 0 aliphatic carbocycles. The van der Waals surface area contributed by atoms with E-state index < -0.39 is 0 Å². The van der Waals surface area contributed by atoms with E-state index >= 15 is 0 Å². The number of anilines is 1. The van der Waals surface area contributed by atoms with Gasteiger partial charge in [-0.1, -0.05) is 6.07 Å². The summed E-state index contributed by atoms with van der Waals surface area (Å²) in [5.74, 6) is 1.40. The van der Waals surface area contributed by atoms with Crippen LogP contribution in [0, 0.1) is 32.1 Å². The highest BCUT2D eigenvalue weighted by molar-refractivity contribution is 5.91. The summed E-state index contributed by atoms with van der Waals surface area (Å²) in [6.07, 6.45) is 0. The van der Waals surface area contributed by atoms with Crippen LogP contribution in [0.15, 0.2) is 16.9 Å². The van der Waals surface area contributed by atoms with Gasteiger partial charge < -0.3 is 10.5 Å². The standard InChI is InChI=1S/C18H19N5O2/c1-9-6-7-13(25-5)10(2)15(9)23-16-14(12(8-19)17(23)20)21-11(3)22(4)18(16)24/h6-7H,20H2,1-5H3. The lowest BCUT2D eigenvalue weighted by Gasteiger charge is -2.17. The molecule has 7 nitrogen and oxygen atoms in total. The van der Waals surface area contributed by atoms with Crippen molar-refractivity contribution in [2.24, 2.45) is 7.05 Å². The zero-order chi connectivity index (χ0) is 18.5. The summed E-state index contributed by atoms with van der Waals surface area (Å²) >= 11 is 0. The average molecular weight is 337 g/mol. The predicted molar refractivity (Wildman–Crippen MR) is 96.2 cm³/mol. The first-order valence-corrected chi connectivity index (χ1v) is 7.75. The minimum atomic E-state index is -0.252. The zero-order valence-electron chi connectivity index (χ0n) is 14.8. The number of fused-ring (bicyclic) bond motifs is 1. The average Bonchev–Trinajstić information content (AvgIpc) is 2.85. The second-order valence-corrected chi connectivity index (χ2v) is 5.99. The van der Waals surface area contributed by atoms with E-state index in [9.17, 15) is 10.1 Å². The Morgan fingerprint density at radius 2 is 1.96 bits per heavy atom. The second kappa shape index (κ2) is 5.67. The van der Waals surface area contributed by atoms with E-state index in [0.717, 1.165) is 16.8 Å². The number of nitrogen functional groups attached to an aromatic ring is 1. The molecule has 1 aromatic carbocycles. The Hall–Kier alpha value is -3.27. The van der Waals surface area contributed by atoms with Crippen LogP contribution in [0.1, 0.15) is 22.5 Å². The fourth-order valence-corrected chi connectivity index (χ4v) is 3.15. The van der Waals surface area contributed by atoms with E-state index in [4.69, 9.17) is 10.5 Å². The van der Waals surface area contributed by atoms with E-state index in [2.05, 4.69) is 11.1 Å². The summed E-state index contributed by atoms with van der Waals surface area (Å²) in [6.45, 7) is 5.54. The number of rotatable bonds is 2. The molecule has 0 fully saturated rings. The van der Waals surface area contributed by atoms with Gasteiger partial charge in [-0.05, 0) is 32.4 Å². The topological polar surface area (TPSA) is 98.9 Å². The van der Waals surface area contributed by atoms with Gasteiger partial charge in [0, 0.05) is 12.6 Å². The lowest BCUT2D eigenvalue weighted by molar-refractivity contribution is 0.411. The van der Waals surface area contributed by atoms with E-state index in [1.165, 1.54) is 4.57 Å². The SMILES string of the molecule is COc1ccc(C)c(-n2c(N)c(C#N)c3nc(C)n(C)c(=O)c32)c1C. The smallest absolute Gasteiger partial charge is 0.278 e. The molecule has 3 aromatic rings. The summed E-state index contributed by atoms with van der Waals surface area (Å²) in [7, 11) is 3.23. The highest BCUT2D eigenvalue weighted by Gasteiger charge is 2.24. The van der Waals surface area contributed by atoms with Crippen molar-refractivity contribution in [3.05, 3.63) is 45.0 Å². The van der Waals surface area contributed by atoms with Gasteiger partial charge in [-0.25, -0.2) is 4.98 Å². The molecule has 0 atom stereocenters. The largest absolute Gasteiger partial charge is 0.496 e. The number of nitriles is 1. The number of ether oxygens (including phenoxy) is 1. The molecule has 2 heterocycles.